The van der Waals surface area contributed by atoms with Crippen molar-refractivity contribution >= 4 is 11.6 Å². The summed E-state index contributed by atoms with van der Waals surface area (Å²) in [7, 11) is 3.91. The number of anilines is 1. The highest BCUT2D eigenvalue weighted by molar-refractivity contribution is 5.95. The minimum atomic E-state index is -0.0424. The first-order valence-corrected chi connectivity index (χ1v) is 5.34. The first-order valence-electron chi connectivity index (χ1n) is 5.34. The number of amides is 1. The molecule has 0 bridgehead atoms. The van der Waals surface area contributed by atoms with E-state index in [1.165, 1.54) is 0 Å². The van der Waals surface area contributed by atoms with Crippen molar-refractivity contribution in [3.05, 3.63) is 29.8 Å². The van der Waals surface area contributed by atoms with Gasteiger partial charge in [0.25, 0.3) is 5.91 Å². The first kappa shape index (κ1) is 11.0. The van der Waals surface area contributed by atoms with Crippen molar-refractivity contribution < 1.29 is 9.53 Å². The quantitative estimate of drug-likeness (QED) is 0.766. The topological polar surface area (TPSA) is 44.9 Å². The van der Waals surface area contributed by atoms with Crippen molar-refractivity contribution in [3.8, 4) is 0 Å². The molecule has 0 saturated carbocycles. The molecular formula is C12H16N2O2. The second kappa shape index (κ2) is 4.53. The third-order valence-electron chi connectivity index (χ3n) is 2.52. The molecule has 1 aromatic carbocycles. The third kappa shape index (κ3) is 2.73. The van der Waals surface area contributed by atoms with Gasteiger partial charge in [-0.3, -0.25) is 4.79 Å². The molecule has 0 spiro atoms. The van der Waals surface area contributed by atoms with Gasteiger partial charge in [-0.25, -0.2) is 0 Å². The Morgan fingerprint density at radius 2 is 2.31 bits per heavy atom. The van der Waals surface area contributed by atoms with E-state index in [2.05, 4.69) is 5.32 Å². The number of ether oxygens (including phenoxy) is 1. The van der Waals surface area contributed by atoms with Crippen LogP contribution in [0.5, 0.6) is 0 Å². The first-order chi connectivity index (χ1) is 7.66. The fourth-order valence-corrected chi connectivity index (χ4v) is 1.42. The van der Waals surface area contributed by atoms with Gasteiger partial charge in [0.2, 0.25) is 0 Å². The van der Waals surface area contributed by atoms with Gasteiger partial charge in [0.1, 0.15) is 0 Å². The van der Waals surface area contributed by atoms with E-state index < -0.39 is 0 Å². The Labute approximate surface area is 95.2 Å². The zero-order valence-corrected chi connectivity index (χ0v) is 9.56. The molecule has 0 radical (unpaired) electrons. The van der Waals surface area contributed by atoms with Gasteiger partial charge < -0.3 is 15.0 Å². The lowest BCUT2D eigenvalue weighted by Gasteiger charge is -2.13. The predicted octanol–water partition coefficient (Wildman–Crippen LogP) is 0.881. The molecule has 0 aliphatic carbocycles. The summed E-state index contributed by atoms with van der Waals surface area (Å²) in [4.78, 5) is 13.7. The number of epoxide rings is 1. The lowest BCUT2D eigenvalue weighted by molar-refractivity contribution is 0.0950. The average Bonchev–Trinajstić information content (AvgIpc) is 3.10. The molecule has 86 valence electrons. The Hall–Kier alpha value is -1.55. The maximum Gasteiger partial charge on any atom is 0.251 e. The zero-order chi connectivity index (χ0) is 11.5. The maximum atomic E-state index is 11.8. The van der Waals surface area contributed by atoms with Crippen molar-refractivity contribution in [2.75, 3.05) is 32.1 Å². The molecule has 2 rings (SSSR count). The van der Waals surface area contributed by atoms with Crippen LogP contribution in [-0.2, 0) is 4.74 Å². The standard InChI is InChI=1S/C12H16N2O2/c1-14(2)10-5-3-4-9(6-10)12(15)13-7-11-8-16-11/h3-6,11H,7-8H2,1-2H3,(H,13,15)/t11-/m1/s1. The molecular weight excluding hydrogens is 204 g/mol. The van der Waals surface area contributed by atoms with E-state index in [-0.39, 0.29) is 12.0 Å². The van der Waals surface area contributed by atoms with Crippen LogP contribution in [0.15, 0.2) is 24.3 Å². The Bertz CT molecular complexity index is 386. The fourth-order valence-electron chi connectivity index (χ4n) is 1.42. The van der Waals surface area contributed by atoms with E-state index >= 15 is 0 Å². The Morgan fingerprint density at radius 3 is 2.94 bits per heavy atom. The minimum absolute atomic E-state index is 0.0424. The van der Waals surface area contributed by atoms with E-state index in [0.717, 1.165) is 12.3 Å². The molecule has 1 heterocycles. The van der Waals surface area contributed by atoms with Gasteiger partial charge in [-0.05, 0) is 18.2 Å². The van der Waals surface area contributed by atoms with Crippen LogP contribution < -0.4 is 10.2 Å². The van der Waals surface area contributed by atoms with Crippen LogP contribution in [0.25, 0.3) is 0 Å². The van der Waals surface area contributed by atoms with Crippen LogP contribution in [0.3, 0.4) is 0 Å². The molecule has 1 amide bonds. The summed E-state index contributed by atoms with van der Waals surface area (Å²) < 4.78 is 5.03. The minimum Gasteiger partial charge on any atom is -0.378 e. The Kier molecular flexibility index (Phi) is 3.10. The number of hydrogen-bond acceptors (Lipinski definition) is 3. The summed E-state index contributed by atoms with van der Waals surface area (Å²) in [6.45, 7) is 1.36. The van der Waals surface area contributed by atoms with E-state index in [1.807, 2.05) is 43.3 Å². The Balaban J connectivity index is 2.00. The highest BCUT2D eigenvalue weighted by atomic mass is 16.6. The molecule has 1 atom stereocenters. The summed E-state index contributed by atoms with van der Waals surface area (Å²) in [6.07, 6.45) is 0.223. The Morgan fingerprint density at radius 1 is 1.56 bits per heavy atom. The van der Waals surface area contributed by atoms with Crippen LogP contribution in [0.1, 0.15) is 10.4 Å². The number of rotatable bonds is 4. The van der Waals surface area contributed by atoms with Crippen LogP contribution in [0.4, 0.5) is 5.69 Å². The molecule has 1 aromatic rings. The molecule has 1 N–H and O–H groups in total. The molecule has 1 aliphatic heterocycles. The number of nitrogens with one attached hydrogen (secondary N) is 1. The van der Waals surface area contributed by atoms with Crippen molar-refractivity contribution in [3.63, 3.8) is 0 Å². The van der Waals surface area contributed by atoms with Crippen LogP contribution >= 0.6 is 0 Å². The second-order valence-corrected chi connectivity index (χ2v) is 4.11. The van der Waals surface area contributed by atoms with Gasteiger partial charge in [0, 0.05) is 31.9 Å². The summed E-state index contributed by atoms with van der Waals surface area (Å²) in [5.41, 5.74) is 1.71. The maximum absolute atomic E-state index is 11.8. The van der Waals surface area contributed by atoms with Gasteiger partial charge in [0.15, 0.2) is 0 Å². The predicted molar refractivity (Wildman–Crippen MR) is 62.8 cm³/mol. The zero-order valence-electron chi connectivity index (χ0n) is 9.56. The number of carbonyl (C=O) groups is 1. The highest BCUT2D eigenvalue weighted by Gasteiger charge is 2.22. The molecule has 4 nitrogen and oxygen atoms in total. The summed E-state index contributed by atoms with van der Waals surface area (Å²) in [6, 6.07) is 7.55. The normalized spacial score (nSPS) is 18.0. The monoisotopic (exact) mass is 220 g/mol. The average molecular weight is 220 g/mol. The summed E-state index contributed by atoms with van der Waals surface area (Å²) in [5, 5.41) is 2.84. The van der Waals surface area contributed by atoms with Crippen LogP contribution in [-0.4, -0.2) is 39.3 Å². The number of nitrogens with zero attached hydrogens (tertiary/aromatic N) is 1. The largest absolute Gasteiger partial charge is 0.378 e. The van der Waals surface area contributed by atoms with Gasteiger partial charge in [0.05, 0.1) is 12.7 Å². The molecule has 1 fully saturated rings. The number of carbonyl (C=O) groups excluding carboxylic acids is 1. The summed E-state index contributed by atoms with van der Waals surface area (Å²) >= 11 is 0. The van der Waals surface area contributed by atoms with Crippen molar-refractivity contribution in [2.45, 2.75) is 6.10 Å². The highest BCUT2D eigenvalue weighted by Crippen LogP contribution is 2.13. The van der Waals surface area contributed by atoms with E-state index in [9.17, 15) is 4.79 Å². The number of hydrogen-bond donors (Lipinski definition) is 1. The summed E-state index contributed by atoms with van der Waals surface area (Å²) in [5.74, 6) is -0.0424. The lowest BCUT2D eigenvalue weighted by atomic mass is 10.2. The van der Waals surface area contributed by atoms with Gasteiger partial charge in [-0.2, -0.15) is 0 Å². The van der Waals surface area contributed by atoms with E-state index in [1.54, 1.807) is 0 Å². The third-order valence-corrected chi connectivity index (χ3v) is 2.52. The van der Waals surface area contributed by atoms with E-state index in [0.29, 0.717) is 12.1 Å². The molecule has 1 aliphatic rings. The molecule has 1 saturated heterocycles. The van der Waals surface area contributed by atoms with Gasteiger partial charge in [-0.1, -0.05) is 6.07 Å². The SMILES string of the molecule is CN(C)c1cccc(C(=O)NC[C@@H]2CO2)c1. The van der Waals surface area contributed by atoms with Gasteiger partial charge in [-0.15, -0.1) is 0 Å². The molecule has 4 heteroatoms. The van der Waals surface area contributed by atoms with Crippen molar-refractivity contribution in [2.24, 2.45) is 0 Å². The van der Waals surface area contributed by atoms with Crippen LogP contribution in [0.2, 0.25) is 0 Å². The smallest absolute Gasteiger partial charge is 0.251 e. The molecule has 16 heavy (non-hydrogen) atoms. The van der Waals surface area contributed by atoms with E-state index in [4.69, 9.17) is 4.74 Å². The van der Waals surface area contributed by atoms with Crippen molar-refractivity contribution in [1.82, 2.24) is 5.32 Å². The fraction of sp³-hybridized carbons (Fsp3) is 0.417. The van der Waals surface area contributed by atoms with Crippen LogP contribution in [0, 0.1) is 0 Å². The number of benzene rings is 1. The van der Waals surface area contributed by atoms with Gasteiger partial charge >= 0.3 is 0 Å². The van der Waals surface area contributed by atoms with Crippen molar-refractivity contribution in [1.29, 1.82) is 0 Å². The molecule has 0 aromatic heterocycles. The lowest BCUT2D eigenvalue weighted by Crippen LogP contribution is -2.27. The second-order valence-electron chi connectivity index (χ2n) is 4.11. The molecule has 0 unspecified atom stereocenters.